The van der Waals surface area contributed by atoms with E-state index in [9.17, 15) is 10.1 Å². The van der Waals surface area contributed by atoms with Gasteiger partial charge in [0.15, 0.2) is 0 Å². The summed E-state index contributed by atoms with van der Waals surface area (Å²) in [5, 5.41) is 19.9. The van der Waals surface area contributed by atoms with Gasteiger partial charge in [0, 0.05) is 42.4 Å². The van der Waals surface area contributed by atoms with Crippen molar-refractivity contribution < 1.29 is 9.66 Å². The van der Waals surface area contributed by atoms with E-state index >= 15 is 0 Å². The molecule has 9 heteroatoms. The average Bonchev–Trinajstić information content (AvgIpc) is 3.16. The topological polar surface area (TPSA) is 110 Å². The molecule has 9 nitrogen and oxygen atoms in total. The van der Waals surface area contributed by atoms with E-state index < -0.39 is 4.92 Å². The van der Waals surface area contributed by atoms with E-state index in [1.54, 1.807) is 16.7 Å². The molecule has 3 heterocycles. The van der Waals surface area contributed by atoms with Gasteiger partial charge < -0.3 is 14.9 Å². The van der Waals surface area contributed by atoms with Gasteiger partial charge in [0.05, 0.1) is 17.3 Å². The van der Waals surface area contributed by atoms with Gasteiger partial charge in [0.2, 0.25) is 0 Å². The summed E-state index contributed by atoms with van der Waals surface area (Å²) in [4.78, 5) is 21.2. The van der Waals surface area contributed by atoms with Crippen LogP contribution in [-0.2, 0) is 6.54 Å². The standard InChI is InChI=1S/C21H20N6O3/c1-15(18-6-7-19(23-13-18)17-4-2-16(12-22)3-5-17)25-8-9-26-14-20(27(28)29)24-21(26)30-11-10-25/h2-7,13-15H,8-11H2,1H3. The number of nitrogens with zero attached hydrogens (tertiary/aromatic N) is 6. The number of aromatic nitrogens is 3. The van der Waals surface area contributed by atoms with Crippen molar-refractivity contribution in [2.75, 3.05) is 19.7 Å². The highest BCUT2D eigenvalue weighted by atomic mass is 16.6. The highest BCUT2D eigenvalue weighted by Gasteiger charge is 2.25. The molecule has 2 aromatic heterocycles. The largest absolute Gasteiger partial charge is 0.444 e. The van der Waals surface area contributed by atoms with Crippen molar-refractivity contribution in [1.29, 1.82) is 5.26 Å². The maximum absolute atomic E-state index is 11.0. The van der Waals surface area contributed by atoms with Crippen LogP contribution in [0.5, 0.6) is 6.01 Å². The predicted octanol–water partition coefficient (Wildman–Crippen LogP) is 3.18. The first-order valence-electron chi connectivity index (χ1n) is 9.60. The molecule has 3 aromatic rings. The van der Waals surface area contributed by atoms with E-state index in [-0.39, 0.29) is 11.9 Å². The van der Waals surface area contributed by atoms with Crippen molar-refractivity contribution in [3.63, 3.8) is 0 Å². The molecule has 0 N–H and O–H groups in total. The predicted molar refractivity (Wildman–Crippen MR) is 109 cm³/mol. The molecule has 0 radical (unpaired) electrons. The number of ether oxygens (including phenoxy) is 1. The third-order valence-electron chi connectivity index (χ3n) is 5.28. The normalized spacial score (nSPS) is 15.2. The van der Waals surface area contributed by atoms with Crippen LogP contribution in [0.2, 0.25) is 0 Å². The Kier molecular flexibility index (Phi) is 5.41. The molecule has 0 bridgehead atoms. The lowest BCUT2D eigenvalue weighted by atomic mass is 10.1. The third kappa shape index (κ3) is 3.99. The maximum atomic E-state index is 11.0. The molecule has 0 fully saturated rings. The van der Waals surface area contributed by atoms with Crippen LogP contribution in [-0.4, -0.2) is 44.1 Å². The molecule has 1 atom stereocenters. The lowest BCUT2D eigenvalue weighted by Gasteiger charge is -2.30. The van der Waals surface area contributed by atoms with Crippen LogP contribution in [0.15, 0.2) is 48.8 Å². The Balaban J connectivity index is 1.46. The van der Waals surface area contributed by atoms with Crippen molar-refractivity contribution in [1.82, 2.24) is 19.4 Å². The van der Waals surface area contributed by atoms with E-state index in [0.29, 0.717) is 37.8 Å². The molecule has 1 aliphatic rings. The molecular formula is C21H20N6O3. The molecule has 1 aliphatic heterocycles. The van der Waals surface area contributed by atoms with Gasteiger partial charge in [-0.05, 0) is 35.6 Å². The Hall–Kier alpha value is -3.77. The number of imidazole rings is 1. The number of nitriles is 1. The molecule has 152 valence electrons. The lowest BCUT2D eigenvalue weighted by Crippen LogP contribution is -2.36. The van der Waals surface area contributed by atoms with Gasteiger partial charge in [0.1, 0.15) is 12.8 Å². The number of nitro groups is 1. The molecule has 0 saturated heterocycles. The van der Waals surface area contributed by atoms with Crippen LogP contribution in [0, 0.1) is 21.4 Å². The summed E-state index contributed by atoms with van der Waals surface area (Å²) in [6.07, 6.45) is 3.28. The molecule has 1 unspecified atom stereocenters. The van der Waals surface area contributed by atoms with Crippen molar-refractivity contribution in [3.8, 4) is 23.3 Å². The Morgan fingerprint density at radius 3 is 2.67 bits per heavy atom. The van der Waals surface area contributed by atoms with E-state index in [1.165, 1.54) is 6.20 Å². The first-order valence-corrected chi connectivity index (χ1v) is 9.60. The van der Waals surface area contributed by atoms with Gasteiger partial charge >= 0.3 is 11.8 Å². The third-order valence-corrected chi connectivity index (χ3v) is 5.28. The molecular weight excluding hydrogens is 384 g/mol. The minimum absolute atomic E-state index is 0.108. The minimum Gasteiger partial charge on any atom is -0.444 e. The number of hydrogen-bond acceptors (Lipinski definition) is 7. The number of rotatable bonds is 4. The summed E-state index contributed by atoms with van der Waals surface area (Å²) in [5.74, 6) is -0.200. The molecule has 0 spiro atoms. The Morgan fingerprint density at radius 1 is 1.20 bits per heavy atom. The van der Waals surface area contributed by atoms with E-state index in [1.807, 2.05) is 24.4 Å². The first kappa shape index (κ1) is 19.5. The van der Waals surface area contributed by atoms with Gasteiger partial charge in [-0.1, -0.05) is 18.2 Å². The molecule has 30 heavy (non-hydrogen) atoms. The summed E-state index contributed by atoms with van der Waals surface area (Å²) >= 11 is 0. The van der Waals surface area contributed by atoms with Crippen LogP contribution in [0.1, 0.15) is 24.1 Å². The summed E-state index contributed by atoms with van der Waals surface area (Å²) in [6, 6.07) is 13.9. The number of pyridine rings is 1. The average molecular weight is 404 g/mol. The van der Waals surface area contributed by atoms with E-state index in [0.717, 1.165) is 16.8 Å². The van der Waals surface area contributed by atoms with Crippen LogP contribution in [0.25, 0.3) is 11.3 Å². The number of benzene rings is 1. The Labute approximate surface area is 173 Å². The van der Waals surface area contributed by atoms with Crippen LogP contribution in [0.3, 0.4) is 0 Å². The van der Waals surface area contributed by atoms with Crippen molar-refractivity contribution >= 4 is 5.82 Å². The second-order valence-corrected chi connectivity index (χ2v) is 7.06. The molecule has 0 saturated carbocycles. The van der Waals surface area contributed by atoms with Crippen LogP contribution >= 0.6 is 0 Å². The van der Waals surface area contributed by atoms with E-state index in [2.05, 4.69) is 33.9 Å². The molecule has 0 amide bonds. The fraction of sp³-hybridized carbons (Fsp3) is 0.286. The molecule has 4 rings (SSSR count). The highest BCUT2D eigenvalue weighted by Crippen LogP contribution is 2.25. The zero-order chi connectivity index (χ0) is 21.1. The maximum Gasteiger partial charge on any atom is 0.414 e. The van der Waals surface area contributed by atoms with Crippen molar-refractivity contribution in [3.05, 3.63) is 70.0 Å². The van der Waals surface area contributed by atoms with Gasteiger partial charge in [-0.3, -0.25) is 14.5 Å². The summed E-state index contributed by atoms with van der Waals surface area (Å²) in [5.41, 5.74) is 3.50. The van der Waals surface area contributed by atoms with Crippen molar-refractivity contribution in [2.45, 2.75) is 19.5 Å². The fourth-order valence-electron chi connectivity index (χ4n) is 3.49. The second-order valence-electron chi connectivity index (χ2n) is 7.06. The monoisotopic (exact) mass is 404 g/mol. The smallest absolute Gasteiger partial charge is 0.414 e. The summed E-state index contributed by atoms with van der Waals surface area (Å²) in [7, 11) is 0. The fourth-order valence-corrected chi connectivity index (χ4v) is 3.49. The number of fused-ring (bicyclic) bond motifs is 1. The SMILES string of the molecule is CC(c1ccc(-c2ccc(C#N)cc2)nc1)N1CCOc2nc([N+](=O)[O-])cn2CC1. The lowest BCUT2D eigenvalue weighted by molar-refractivity contribution is -0.389. The number of hydrogen-bond donors (Lipinski definition) is 0. The van der Waals surface area contributed by atoms with E-state index in [4.69, 9.17) is 10.00 Å². The quantitative estimate of drug-likeness (QED) is 0.485. The Bertz CT molecular complexity index is 1090. The van der Waals surface area contributed by atoms with Gasteiger partial charge in [-0.15, -0.1) is 0 Å². The summed E-state index contributed by atoms with van der Waals surface area (Å²) in [6.45, 7) is 4.45. The first-order chi connectivity index (χ1) is 14.5. The van der Waals surface area contributed by atoms with Crippen LogP contribution < -0.4 is 4.74 Å². The zero-order valence-corrected chi connectivity index (χ0v) is 16.4. The second kappa shape index (κ2) is 8.31. The highest BCUT2D eigenvalue weighted by molar-refractivity contribution is 5.60. The zero-order valence-electron chi connectivity index (χ0n) is 16.4. The molecule has 0 aliphatic carbocycles. The van der Waals surface area contributed by atoms with Gasteiger partial charge in [0.25, 0.3) is 0 Å². The molecule has 1 aromatic carbocycles. The minimum atomic E-state index is -0.511. The summed E-state index contributed by atoms with van der Waals surface area (Å²) < 4.78 is 7.32. The van der Waals surface area contributed by atoms with Crippen molar-refractivity contribution in [2.24, 2.45) is 0 Å². The van der Waals surface area contributed by atoms with Gasteiger partial charge in [-0.2, -0.15) is 5.26 Å². The van der Waals surface area contributed by atoms with Gasteiger partial charge in [-0.25, -0.2) is 0 Å². The Morgan fingerprint density at radius 2 is 2.00 bits per heavy atom. The van der Waals surface area contributed by atoms with Crippen LogP contribution in [0.4, 0.5) is 5.82 Å².